The second-order valence-electron chi connectivity index (χ2n) is 9.38. The van der Waals surface area contributed by atoms with Crippen molar-refractivity contribution in [3.8, 4) is 0 Å². The summed E-state index contributed by atoms with van der Waals surface area (Å²) in [7, 11) is 0. The highest BCUT2D eigenvalue weighted by Gasteiger charge is 2.32. The number of benzene rings is 1. The van der Waals surface area contributed by atoms with Crippen LogP contribution in [0.3, 0.4) is 0 Å². The molecule has 2 saturated carbocycles. The van der Waals surface area contributed by atoms with Crippen molar-refractivity contribution in [3.63, 3.8) is 0 Å². The van der Waals surface area contributed by atoms with Crippen LogP contribution in [0.15, 0.2) is 30.9 Å². The lowest BCUT2D eigenvalue weighted by atomic mass is 9.76. The van der Waals surface area contributed by atoms with Gasteiger partial charge < -0.3 is 9.47 Å². The highest BCUT2D eigenvalue weighted by atomic mass is 19.1. The topological polar surface area (TPSA) is 18.5 Å². The minimum Gasteiger partial charge on any atom is -0.352 e. The summed E-state index contributed by atoms with van der Waals surface area (Å²) in [5.41, 5.74) is 2.13. The van der Waals surface area contributed by atoms with E-state index in [2.05, 4.69) is 25.6 Å². The van der Waals surface area contributed by atoms with Crippen LogP contribution in [0.1, 0.15) is 81.3 Å². The molecule has 2 nitrogen and oxygen atoms in total. The minimum atomic E-state index is -0.0649. The largest absolute Gasteiger partial charge is 0.352 e. The lowest BCUT2D eigenvalue weighted by Gasteiger charge is -2.37. The lowest BCUT2D eigenvalue weighted by molar-refractivity contribution is -0.222. The summed E-state index contributed by atoms with van der Waals surface area (Å²) in [6.07, 6.45) is 11.0. The van der Waals surface area contributed by atoms with Crippen LogP contribution < -0.4 is 0 Å². The highest BCUT2D eigenvalue weighted by molar-refractivity contribution is 5.30. The van der Waals surface area contributed by atoms with Crippen molar-refractivity contribution < 1.29 is 13.9 Å². The third-order valence-corrected chi connectivity index (χ3v) is 7.39. The Morgan fingerprint density at radius 3 is 2.18 bits per heavy atom. The Labute approximate surface area is 169 Å². The summed E-state index contributed by atoms with van der Waals surface area (Å²) in [6, 6.07) is 6.12. The van der Waals surface area contributed by atoms with E-state index >= 15 is 0 Å². The van der Waals surface area contributed by atoms with Gasteiger partial charge in [0, 0.05) is 11.8 Å². The smallest absolute Gasteiger partial charge is 0.160 e. The van der Waals surface area contributed by atoms with Crippen molar-refractivity contribution in [2.75, 3.05) is 13.2 Å². The van der Waals surface area contributed by atoms with Gasteiger partial charge in [-0.3, -0.25) is 0 Å². The van der Waals surface area contributed by atoms with E-state index in [-0.39, 0.29) is 12.1 Å². The molecule has 1 heterocycles. The molecule has 0 bridgehead atoms. The first kappa shape index (κ1) is 20.1. The van der Waals surface area contributed by atoms with Crippen LogP contribution in [0.5, 0.6) is 0 Å². The fraction of sp³-hybridized carbons (Fsp3) is 0.680. The Morgan fingerprint density at radius 2 is 1.57 bits per heavy atom. The zero-order chi connectivity index (χ0) is 19.5. The number of ether oxygens (including phenoxy) is 2. The maximum atomic E-state index is 14.9. The molecule has 28 heavy (non-hydrogen) atoms. The molecule has 154 valence electrons. The van der Waals surface area contributed by atoms with E-state index in [0.29, 0.717) is 23.7 Å². The molecule has 3 aliphatic rings. The second-order valence-corrected chi connectivity index (χ2v) is 9.38. The molecule has 3 heteroatoms. The van der Waals surface area contributed by atoms with Crippen LogP contribution in [0.25, 0.3) is 0 Å². The molecule has 1 aromatic carbocycles. The Kier molecular flexibility index (Phi) is 6.52. The van der Waals surface area contributed by atoms with Gasteiger partial charge in [-0.05, 0) is 73.5 Å². The molecule has 4 rings (SSSR count). The summed E-state index contributed by atoms with van der Waals surface area (Å²) in [5.74, 6) is 2.50. The maximum absolute atomic E-state index is 14.9. The SMILES string of the molecule is C=CC1COC(C2CCC(c3ccc(C4CCC(C)CC4)c(F)c3)CC2)OC1. The minimum absolute atomic E-state index is 0.0218. The molecule has 0 radical (unpaired) electrons. The van der Waals surface area contributed by atoms with E-state index in [0.717, 1.165) is 63.2 Å². The van der Waals surface area contributed by atoms with E-state index in [1.807, 2.05) is 12.1 Å². The predicted octanol–water partition coefficient (Wildman–Crippen LogP) is 6.57. The van der Waals surface area contributed by atoms with Gasteiger partial charge in [-0.2, -0.15) is 0 Å². The molecule has 1 aromatic rings. The standard InChI is InChI=1S/C25H35FO2/c1-3-18-15-27-25(28-16-18)21-10-8-19(9-11-21)22-12-13-23(24(26)14-22)20-6-4-17(2)5-7-20/h3,12-14,17-21,25H,1,4-11,15-16H2,2H3. The van der Waals surface area contributed by atoms with Gasteiger partial charge in [-0.1, -0.05) is 38.0 Å². The van der Waals surface area contributed by atoms with Crippen molar-refractivity contribution in [2.24, 2.45) is 17.8 Å². The molecular weight excluding hydrogens is 351 g/mol. The van der Waals surface area contributed by atoms with Gasteiger partial charge in [0.15, 0.2) is 6.29 Å². The highest BCUT2D eigenvalue weighted by Crippen LogP contribution is 2.41. The van der Waals surface area contributed by atoms with E-state index in [1.165, 1.54) is 18.4 Å². The van der Waals surface area contributed by atoms with Crippen molar-refractivity contribution in [2.45, 2.75) is 76.4 Å². The summed E-state index contributed by atoms with van der Waals surface area (Å²) >= 11 is 0. The maximum Gasteiger partial charge on any atom is 0.160 e. The van der Waals surface area contributed by atoms with Crippen LogP contribution in [0, 0.1) is 23.6 Å². The number of hydrogen-bond acceptors (Lipinski definition) is 2. The van der Waals surface area contributed by atoms with Crippen LogP contribution >= 0.6 is 0 Å². The third kappa shape index (κ3) is 4.52. The number of rotatable bonds is 4. The Bertz CT molecular complexity index is 649. The predicted molar refractivity (Wildman–Crippen MR) is 111 cm³/mol. The first-order valence-corrected chi connectivity index (χ1v) is 11.3. The fourth-order valence-electron chi connectivity index (χ4n) is 5.37. The molecule has 1 saturated heterocycles. The van der Waals surface area contributed by atoms with Gasteiger partial charge in [-0.15, -0.1) is 6.58 Å². The van der Waals surface area contributed by atoms with E-state index in [9.17, 15) is 4.39 Å². The molecule has 0 aromatic heterocycles. The third-order valence-electron chi connectivity index (χ3n) is 7.39. The monoisotopic (exact) mass is 386 g/mol. The zero-order valence-corrected chi connectivity index (χ0v) is 17.2. The Morgan fingerprint density at radius 1 is 0.929 bits per heavy atom. The second kappa shape index (κ2) is 9.09. The van der Waals surface area contributed by atoms with Gasteiger partial charge in [0.1, 0.15) is 5.82 Å². The van der Waals surface area contributed by atoms with Crippen LogP contribution in [0.4, 0.5) is 4.39 Å². The van der Waals surface area contributed by atoms with Crippen molar-refractivity contribution in [1.82, 2.24) is 0 Å². The van der Waals surface area contributed by atoms with Gasteiger partial charge in [-0.25, -0.2) is 4.39 Å². The average molecular weight is 387 g/mol. The molecular formula is C25H35FO2. The fourth-order valence-corrected chi connectivity index (χ4v) is 5.37. The first-order chi connectivity index (χ1) is 13.6. The van der Waals surface area contributed by atoms with Crippen LogP contribution in [-0.4, -0.2) is 19.5 Å². The van der Waals surface area contributed by atoms with E-state index in [1.54, 1.807) is 0 Å². The van der Waals surface area contributed by atoms with Crippen molar-refractivity contribution in [3.05, 3.63) is 47.8 Å². The summed E-state index contributed by atoms with van der Waals surface area (Å²) in [4.78, 5) is 0. The number of halogens is 1. The zero-order valence-electron chi connectivity index (χ0n) is 17.2. The molecule has 0 unspecified atom stereocenters. The molecule has 0 spiro atoms. The molecule has 0 amide bonds. The quantitative estimate of drug-likeness (QED) is 0.545. The van der Waals surface area contributed by atoms with Crippen LogP contribution in [-0.2, 0) is 9.47 Å². The van der Waals surface area contributed by atoms with Gasteiger partial charge >= 0.3 is 0 Å². The number of hydrogen-bond donors (Lipinski definition) is 0. The normalized spacial score (nSPS) is 36.8. The van der Waals surface area contributed by atoms with Gasteiger partial charge in [0.2, 0.25) is 0 Å². The van der Waals surface area contributed by atoms with Gasteiger partial charge in [0.25, 0.3) is 0 Å². The first-order valence-electron chi connectivity index (χ1n) is 11.3. The summed E-state index contributed by atoms with van der Waals surface area (Å²) in [5, 5.41) is 0. The molecule has 2 aliphatic carbocycles. The Hall–Kier alpha value is -1.19. The van der Waals surface area contributed by atoms with Gasteiger partial charge in [0.05, 0.1) is 13.2 Å². The van der Waals surface area contributed by atoms with Crippen molar-refractivity contribution in [1.29, 1.82) is 0 Å². The molecule has 1 aliphatic heterocycles. The Balaban J connectivity index is 1.32. The summed E-state index contributed by atoms with van der Waals surface area (Å²) in [6.45, 7) is 7.58. The van der Waals surface area contributed by atoms with E-state index in [4.69, 9.17) is 9.47 Å². The average Bonchev–Trinajstić information content (AvgIpc) is 2.75. The lowest BCUT2D eigenvalue weighted by Crippen LogP contribution is -2.37. The molecule has 0 atom stereocenters. The molecule has 3 fully saturated rings. The van der Waals surface area contributed by atoms with E-state index < -0.39 is 0 Å². The van der Waals surface area contributed by atoms with Crippen LogP contribution in [0.2, 0.25) is 0 Å². The van der Waals surface area contributed by atoms with Crippen molar-refractivity contribution >= 4 is 0 Å². The summed E-state index contributed by atoms with van der Waals surface area (Å²) < 4.78 is 26.7. The molecule has 0 N–H and O–H groups in total.